The van der Waals surface area contributed by atoms with Crippen LogP contribution in [0, 0.1) is 0 Å². The van der Waals surface area contributed by atoms with Gasteiger partial charge >= 0.3 is 0 Å². The molecule has 0 amide bonds. The Morgan fingerprint density at radius 1 is 1.78 bits per heavy atom. The first-order valence-electron chi connectivity index (χ1n) is 2.41. The minimum atomic E-state index is -1.96. The van der Waals surface area contributed by atoms with Crippen molar-refractivity contribution in [3.8, 4) is 0 Å². The van der Waals surface area contributed by atoms with Crippen molar-refractivity contribution in [3.05, 3.63) is 23.3 Å². The summed E-state index contributed by atoms with van der Waals surface area (Å²) in [7, 11) is 0. The summed E-state index contributed by atoms with van der Waals surface area (Å²) in [6.45, 7) is 0.387. The van der Waals surface area contributed by atoms with E-state index in [9.17, 15) is 4.21 Å². The van der Waals surface area contributed by atoms with Crippen LogP contribution in [0.1, 0.15) is 0 Å². The molecule has 0 aromatic rings. The molecule has 0 saturated heterocycles. The lowest BCUT2D eigenvalue weighted by atomic mass is 10.4. The molecule has 9 heavy (non-hydrogen) atoms. The van der Waals surface area contributed by atoms with Crippen molar-refractivity contribution in [1.82, 2.24) is 0 Å². The van der Waals surface area contributed by atoms with Gasteiger partial charge in [-0.15, -0.1) is 0 Å². The van der Waals surface area contributed by atoms with E-state index in [1.165, 1.54) is 6.08 Å². The summed E-state index contributed by atoms with van der Waals surface area (Å²) >= 11 is -1.96. The predicted octanol–water partition coefficient (Wildman–Crippen LogP) is 0.636. The van der Waals surface area contributed by atoms with E-state index in [2.05, 4.69) is 0 Å². The van der Waals surface area contributed by atoms with Crippen LogP contribution >= 0.6 is 0 Å². The molecular formula is C5H6O3S. The van der Waals surface area contributed by atoms with E-state index in [0.29, 0.717) is 6.61 Å². The molecule has 0 radical (unpaired) electrons. The van der Waals surface area contributed by atoms with E-state index >= 15 is 0 Å². The number of allylic oxidation sites excluding steroid dienone is 2. The lowest BCUT2D eigenvalue weighted by Crippen LogP contribution is -2.01. The van der Waals surface area contributed by atoms with Gasteiger partial charge in [0.25, 0.3) is 0 Å². The molecule has 0 aliphatic carbocycles. The zero-order valence-corrected chi connectivity index (χ0v) is 5.43. The number of hydrogen-bond acceptors (Lipinski definition) is 2. The van der Waals surface area contributed by atoms with Crippen molar-refractivity contribution in [3.63, 3.8) is 0 Å². The lowest BCUT2D eigenvalue weighted by molar-refractivity contribution is 0.266. The molecule has 0 aromatic heterocycles. The van der Waals surface area contributed by atoms with Gasteiger partial charge in [0.1, 0.15) is 6.61 Å². The topological polar surface area (TPSA) is 46.5 Å². The van der Waals surface area contributed by atoms with Gasteiger partial charge in [-0.25, -0.2) is 4.21 Å². The van der Waals surface area contributed by atoms with Gasteiger partial charge in [-0.1, -0.05) is 6.08 Å². The standard InChI is InChI=1S/C5H6O3S/c6-9(7)5-3-1-2-4-8-5/h1-3H,4H2,(H,6,7). The van der Waals surface area contributed by atoms with E-state index in [-0.39, 0.29) is 5.09 Å². The van der Waals surface area contributed by atoms with E-state index in [1.54, 1.807) is 12.2 Å². The van der Waals surface area contributed by atoms with Gasteiger partial charge in [-0.2, -0.15) is 0 Å². The first-order chi connectivity index (χ1) is 4.30. The monoisotopic (exact) mass is 146 g/mol. The van der Waals surface area contributed by atoms with Crippen molar-refractivity contribution in [2.24, 2.45) is 0 Å². The van der Waals surface area contributed by atoms with Gasteiger partial charge in [0.05, 0.1) is 0 Å². The molecule has 3 nitrogen and oxygen atoms in total. The molecule has 0 aromatic carbocycles. The van der Waals surface area contributed by atoms with Crippen molar-refractivity contribution in [1.29, 1.82) is 0 Å². The van der Waals surface area contributed by atoms with Crippen LogP contribution < -0.4 is 0 Å². The fourth-order valence-corrected chi connectivity index (χ4v) is 0.853. The Hall–Kier alpha value is -0.610. The Labute approximate surface area is 55.3 Å². The molecule has 0 fully saturated rings. The highest BCUT2D eigenvalue weighted by Gasteiger charge is 2.04. The molecule has 4 heteroatoms. The maximum absolute atomic E-state index is 10.2. The third-order valence-corrected chi connectivity index (χ3v) is 1.46. The largest absolute Gasteiger partial charge is 0.479 e. The summed E-state index contributed by atoms with van der Waals surface area (Å²) in [6.07, 6.45) is 4.92. The van der Waals surface area contributed by atoms with Crippen molar-refractivity contribution in [2.45, 2.75) is 0 Å². The van der Waals surface area contributed by atoms with Gasteiger partial charge in [0, 0.05) is 0 Å². The maximum atomic E-state index is 10.2. The average Bonchev–Trinajstić information content (AvgIpc) is 1.90. The lowest BCUT2D eigenvalue weighted by Gasteiger charge is -2.05. The van der Waals surface area contributed by atoms with Crippen LogP contribution in [0.4, 0.5) is 0 Å². The van der Waals surface area contributed by atoms with E-state index in [4.69, 9.17) is 9.29 Å². The molecule has 1 aliphatic heterocycles. The molecule has 0 spiro atoms. The maximum Gasteiger partial charge on any atom is 0.222 e. The number of hydrogen-bond donors (Lipinski definition) is 1. The fourth-order valence-electron chi connectivity index (χ4n) is 0.489. The smallest absolute Gasteiger partial charge is 0.222 e. The van der Waals surface area contributed by atoms with Crippen LogP contribution in [0.3, 0.4) is 0 Å². The van der Waals surface area contributed by atoms with Crippen LogP contribution in [0.15, 0.2) is 23.3 Å². The second-order valence-corrected chi connectivity index (χ2v) is 2.37. The highest BCUT2D eigenvalue weighted by molar-refractivity contribution is 7.83. The van der Waals surface area contributed by atoms with Crippen molar-refractivity contribution >= 4 is 11.1 Å². The Morgan fingerprint density at radius 3 is 2.89 bits per heavy atom. The van der Waals surface area contributed by atoms with Gasteiger partial charge in [-0.05, 0) is 12.2 Å². The molecule has 1 aliphatic rings. The summed E-state index contributed by atoms with van der Waals surface area (Å²) in [5, 5.41) is 0.123. The Bertz CT molecular complexity index is 183. The first kappa shape index (κ1) is 6.51. The molecule has 1 heterocycles. The third-order valence-electron chi connectivity index (χ3n) is 0.862. The third kappa shape index (κ3) is 1.65. The molecule has 50 valence electrons. The summed E-state index contributed by atoms with van der Waals surface area (Å²) in [6, 6.07) is 0. The second kappa shape index (κ2) is 2.80. The zero-order chi connectivity index (χ0) is 6.69. The van der Waals surface area contributed by atoms with Gasteiger partial charge in [0.2, 0.25) is 16.2 Å². The predicted molar refractivity (Wildman–Crippen MR) is 33.9 cm³/mol. The van der Waals surface area contributed by atoms with Crippen LogP contribution in [0.25, 0.3) is 0 Å². The molecular weight excluding hydrogens is 140 g/mol. The van der Waals surface area contributed by atoms with E-state index in [1.807, 2.05) is 0 Å². The molecule has 0 saturated carbocycles. The first-order valence-corrected chi connectivity index (χ1v) is 3.52. The quantitative estimate of drug-likeness (QED) is 0.552. The van der Waals surface area contributed by atoms with Crippen LogP contribution in [-0.4, -0.2) is 15.4 Å². The van der Waals surface area contributed by atoms with Crippen molar-refractivity contribution < 1.29 is 13.5 Å². The number of rotatable bonds is 1. The highest BCUT2D eigenvalue weighted by atomic mass is 32.2. The minimum Gasteiger partial charge on any atom is -0.479 e. The minimum absolute atomic E-state index is 0.123. The van der Waals surface area contributed by atoms with E-state index in [0.717, 1.165) is 0 Å². The van der Waals surface area contributed by atoms with Crippen LogP contribution in [0.5, 0.6) is 0 Å². The van der Waals surface area contributed by atoms with E-state index < -0.39 is 11.1 Å². The SMILES string of the molecule is O=S(O)C1=CC=CCO1. The summed E-state index contributed by atoms with van der Waals surface area (Å²) < 4.78 is 23.4. The Kier molecular flexibility index (Phi) is 2.02. The Morgan fingerprint density at radius 2 is 2.56 bits per heavy atom. The molecule has 1 N–H and O–H groups in total. The van der Waals surface area contributed by atoms with Gasteiger partial charge < -0.3 is 4.74 Å². The number of ether oxygens (including phenoxy) is 1. The molecule has 1 unspecified atom stereocenters. The molecule has 1 rings (SSSR count). The molecule has 0 bridgehead atoms. The molecule has 1 atom stereocenters. The second-order valence-electron chi connectivity index (χ2n) is 1.47. The normalized spacial score (nSPS) is 20.3. The van der Waals surface area contributed by atoms with Gasteiger partial charge in [0.15, 0.2) is 0 Å². The summed E-state index contributed by atoms with van der Waals surface area (Å²) in [5.41, 5.74) is 0. The van der Waals surface area contributed by atoms with Crippen LogP contribution in [-0.2, 0) is 15.8 Å². The average molecular weight is 146 g/mol. The zero-order valence-electron chi connectivity index (χ0n) is 4.61. The Balaban J connectivity index is 2.68. The fraction of sp³-hybridized carbons (Fsp3) is 0.200. The van der Waals surface area contributed by atoms with Crippen LogP contribution in [0.2, 0.25) is 0 Å². The summed E-state index contributed by atoms with van der Waals surface area (Å²) in [4.78, 5) is 0. The van der Waals surface area contributed by atoms with Gasteiger partial charge in [-0.3, -0.25) is 4.55 Å². The highest BCUT2D eigenvalue weighted by Crippen LogP contribution is 2.05. The summed E-state index contributed by atoms with van der Waals surface area (Å²) in [5.74, 6) is 0. The van der Waals surface area contributed by atoms with Crippen molar-refractivity contribution in [2.75, 3.05) is 6.61 Å².